The molecule has 1 unspecified atom stereocenters. The number of piperidine rings is 1. The van der Waals surface area contributed by atoms with Gasteiger partial charge in [0.1, 0.15) is 0 Å². The minimum absolute atomic E-state index is 0.402. The molecule has 3 rings (SSSR count). The SMILES string of the molecule is NC(=O)c1cc(C2CCCNC2)ccc1-c1ccccn1. The van der Waals surface area contributed by atoms with Gasteiger partial charge in [-0.3, -0.25) is 9.78 Å². The minimum Gasteiger partial charge on any atom is -0.366 e. The summed E-state index contributed by atoms with van der Waals surface area (Å²) >= 11 is 0. The molecular weight excluding hydrogens is 262 g/mol. The Kier molecular flexibility index (Phi) is 3.97. The second kappa shape index (κ2) is 6.06. The minimum atomic E-state index is -0.402. The zero-order valence-corrected chi connectivity index (χ0v) is 11.9. The molecule has 3 N–H and O–H groups in total. The molecule has 21 heavy (non-hydrogen) atoms. The number of amides is 1. The summed E-state index contributed by atoms with van der Waals surface area (Å²) in [6.45, 7) is 2.03. The van der Waals surface area contributed by atoms with Gasteiger partial charge in [0, 0.05) is 23.9 Å². The van der Waals surface area contributed by atoms with E-state index in [-0.39, 0.29) is 0 Å². The number of carbonyl (C=O) groups excluding carboxylic acids is 1. The van der Waals surface area contributed by atoms with Gasteiger partial charge in [0.25, 0.3) is 0 Å². The van der Waals surface area contributed by atoms with Gasteiger partial charge in [0.2, 0.25) is 5.91 Å². The van der Waals surface area contributed by atoms with Crippen LogP contribution in [-0.4, -0.2) is 24.0 Å². The summed E-state index contributed by atoms with van der Waals surface area (Å²) < 4.78 is 0. The van der Waals surface area contributed by atoms with Crippen molar-refractivity contribution in [1.29, 1.82) is 0 Å². The van der Waals surface area contributed by atoms with Gasteiger partial charge in [0.05, 0.1) is 5.69 Å². The predicted octanol–water partition coefficient (Wildman–Crippen LogP) is 2.31. The number of carbonyl (C=O) groups is 1. The van der Waals surface area contributed by atoms with Gasteiger partial charge >= 0.3 is 0 Å². The maximum atomic E-state index is 11.8. The Labute approximate surface area is 124 Å². The van der Waals surface area contributed by atoms with Crippen LogP contribution in [0.25, 0.3) is 11.3 Å². The fourth-order valence-electron chi connectivity index (χ4n) is 2.90. The largest absolute Gasteiger partial charge is 0.366 e. The molecule has 0 saturated carbocycles. The highest BCUT2D eigenvalue weighted by Crippen LogP contribution is 2.28. The molecule has 4 nitrogen and oxygen atoms in total. The fraction of sp³-hybridized carbons (Fsp3) is 0.294. The van der Waals surface area contributed by atoms with Crippen molar-refractivity contribution < 1.29 is 4.79 Å². The quantitative estimate of drug-likeness (QED) is 0.907. The third kappa shape index (κ3) is 2.95. The number of nitrogens with two attached hydrogens (primary N) is 1. The monoisotopic (exact) mass is 281 g/mol. The van der Waals surface area contributed by atoms with Crippen LogP contribution in [0, 0.1) is 0 Å². The Hall–Kier alpha value is -2.20. The van der Waals surface area contributed by atoms with Crippen LogP contribution in [-0.2, 0) is 0 Å². The molecule has 1 aliphatic rings. The predicted molar refractivity (Wildman–Crippen MR) is 83.0 cm³/mol. The van der Waals surface area contributed by atoms with Crippen LogP contribution in [0.2, 0.25) is 0 Å². The van der Waals surface area contributed by atoms with Crippen LogP contribution >= 0.6 is 0 Å². The van der Waals surface area contributed by atoms with E-state index < -0.39 is 5.91 Å². The Morgan fingerprint density at radius 3 is 2.86 bits per heavy atom. The molecule has 1 atom stereocenters. The van der Waals surface area contributed by atoms with Crippen molar-refractivity contribution >= 4 is 5.91 Å². The van der Waals surface area contributed by atoms with E-state index in [1.165, 1.54) is 12.0 Å². The number of hydrogen-bond donors (Lipinski definition) is 2. The van der Waals surface area contributed by atoms with Crippen LogP contribution < -0.4 is 11.1 Å². The highest BCUT2D eigenvalue weighted by atomic mass is 16.1. The lowest BCUT2D eigenvalue weighted by Crippen LogP contribution is -2.28. The third-order valence-corrected chi connectivity index (χ3v) is 4.02. The Morgan fingerprint density at radius 1 is 1.29 bits per heavy atom. The zero-order chi connectivity index (χ0) is 14.7. The van der Waals surface area contributed by atoms with E-state index in [1.807, 2.05) is 30.3 Å². The van der Waals surface area contributed by atoms with Gasteiger partial charge in [0.15, 0.2) is 0 Å². The highest BCUT2D eigenvalue weighted by Gasteiger charge is 2.18. The summed E-state index contributed by atoms with van der Waals surface area (Å²) in [6.07, 6.45) is 4.03. The summed E-state index contributed by atoms with van der Waals surface area (Å²) in [5, 5.41) is 3.40. The lowest BCUT2D eigenvalue weighted by molar-refractivity contribution is 0.100. The van der Waals surface area contributed by atoms with Crippen molar-refractivity contribution in [2.24, 2.45) is 5.73 Å². The molecule has 4 heteroatoms. The average Bonchev–Trinajstić information content (AvgIpc) is 2.56. The Morgan fingerprint density at radius 2 is 2.19 bits per heavy atom. The normalized spacial score (nSPS) is 18.4. The summed E-state index contributed by atoms with van der Waals surface area (Å²) in [5.41, 5.74) is 8.88. The molecule has 1 fully saturated rings. The Balaban J connectivity index is 2.00. The molecule has 1 amide bonds. The van der Waals surface area contributed by atoms with Gasteiger partial charge in [-0.2, -0.15) is 0 Å². The van der Waals surface area contributed by atoms with Crippen LogP contribution in [0.5, 0.6) is 0 Å². The first-order chi connectivity index (χ1) is 10.3. The van der Waals surface area contributed by atoms with Crippen molar-refractivity contribution in [2.45, 2.75) is 18.8 Å². The topological polar surface area (TPSA) is 68.0 Å². The summed E-state index contributed by atoms with van der Waals surface area (Å²) in [7, 11) is 0. The number of primary amides is 1. The van der Waals surface area contributed by atoms with Gasteiger partial charge in [-0.25, -0.2) is 0 Å². The number of nitrogens with one attached hydrogen (secondary N) is 1. The molecule has 2 heterocycles. The van der Waals surface area contributed by atoms with Crippen LogP contribution in [0.15, 0.2) is 42.6 Å². The van der Waals surface area contributed by atoms with E-state index >= 15 is 0 Å². The van der Waals surface area contributed by atoms with E-state index in [1.54, 1.807) is 6.20 Å². The summed E-state index contributed by atoms with van der Waals surface area (Å²) in [5.74, 6) is 0.0518. The number of benzene rings is 1. The smallest absolute Gasteiger partial charge is 0.249 e. The first-order valence-corrected chi connectivity index (χ1v) is 7.31. The summed E-state index contributed by atoms with van der Waals surface area (Å²) in [6, 6.07) is 11.6. The second-order valence-electron chi connectivity index (χ2n) is 5.43. The third-order valence-electron chi connectivity index (χ3n) is 4.02. The molecule has 1 saturated heterocycles. The van der Waals surface area contributed by atoms with Crippen molar-refractivity contribution in [3.63, 3.8) is 0 Å². The molecule has 108 valence electrons. The maximum absolute atomic E-state index is 11.8. The number of hydrogen-bond acceptors (Lipinski definition) is 3. The van der Waals surface area contributed by atoms with Gasteiger partial charge in [-0.15, -0.1) is 0 Å². The van der Waals surface area contributed by atoms with Crippen molar-refractivity contribution in [1.82, 2.24) is 10.3 Å². The molecule has 0 bridgehead atoms. The number of nitrogens with zero attached hydrogens (tertiary/aromatic N) is 1. The van der Waals surface area contributed by atoms with E-state index in [9.17, 15) is 4.79 Å². The number of aromatic nitrogens is 1. The highest BCUT2D eigenvalue weighted by molar-refractivity contribution is 5.99. The molecule has 2 aromatic rings. The van der Waals surface area contributed by atoms with E-state index in [0.29, 0.717) is 11.5 Å². The van der Waals surface area contributed by atoms with Crippen LogP contribution in [0.1, 0.15) is 34.7 Å². The van der Waals surface area contributed by atoms with Crippen LogP contribution in [0.3, 0.4) is 0 Å². The fourth-order valence-corrected chi connectivity index (χ4v) is 2.90. The van der Waals surface area contributed by atoms with Crippen molar-refractivity contribution in [2.75, 3.05) is 13.1 Å². The number of pyridine rings is 1. The standard InChI is InChI=1S/C17H19N3O/c18-17(21)15-10-12(13-4-3-8-19-11-13)6-7-14(15)16-5-1-2-9-20-16/h1-2,5-7,9-10,13,19H,3-4,8,11H2,(H2,18,21). The van der Waals surface area contributed by atoms with E-state index in [4.69, 9.17) is 5.73 Å². The lowest BCUT2D eigenvalue weighted by atomic mass is 9.89. The lowest BCUT2D eigenvalue weighted by Gasteiger charge is -2.23. The zero-order valence-electron chi connectivity index (χ0n) is 11.9. The summed E-state index contributed by atoms with van der Waals surface area (Å²) in [4.78, 5) is 16.1. The molecule has 1 aromatic carbocycles. The van der Waals surface area contributed by atoms with Gasteiger partial charge in [-0.05, 0) is 49.1 Å². The second-order valence-corrected chi connectivity index (χ2v) is 5.43. The van der Waals surface area contributed by atoms with Crippen molar-refractivity contribution in [3.05, 3.63) is 53.7 Å². The first-order valence-electron chi connectivity index (χ1n) is 7.31. The molecule has 0 aliphatic carbocycles. The molecule has 1 aliphatic heterocycles. The molecule has 0 radical (unpaired) electrons. The van der Waals surface area contributed by atoms with E-state index in [2.05, 4.69) is 16.4 Å². The molecule has 0 spiro atoms. The van der Waals surface area contributed by atoms with Gasteiger partial charge in [-0.1, -0.05) is 18.2 Å². The maximum Gasteiger partial charge on any atom is 0.249 e. The molecular formula is C17H19N3O. The van der Waals surface area contributed by atoms with Gasteiger partial charge < -0.3 is 11.1 Å². The number of rotatable bonds is 3. The average molecular weight is 281 g/mol. The van der Waals surface area contributed by atoms with E-state index in [0.717, 1.165) is 30.8 Å². The Bertz CT molecular complexity index is 634. The molecule has 1 aromatic heterocycles. The van der Waals surface area contributed by atoms with Crippen LogP contribution in [0.4, 0.5) is 0 Å². The first kappa shape index (κ1) is 13.8. The van der Waals surface area contributed by atoms with Crippen molar-refractivity contribution in [3.8, 4) is 11.3 Å².